The first-order valence-corrected chi connectivity index (χ1v) is 2.77. The van der Waals surface area contributed by atoms with E-state index in [4.69, 9.17) is 11.0 Å². The van der Waals surface area contributed by atoms with Crippen molar-refractivity contribution in [1.29, 1.82) is 5.26 Å². The Balaban J connectivity index is 2.75. The molecule has 6 heteroatoms. The highest BCUT2D eigenvalue weighted by atomic mass is 16.1. The molecule has 1 heterocycles. The molecule has 0 atom stereocenters. The number of nitriles is 1. The Bertz CT molecular complexity index is 309. The van der Waals surface area contributed by atoms with E-state index in [2.05, 4.69) is 10.3 Å². The summed E-state index contributed by atoms with van der Waals surface area (Å²) >= 11 is 0. The van der Waals surface area contributed by atoms with Gasteiger partial charge in [0.05, 0.1) is 6.20 Å². The molecular formula is C5H4N5O. The summed E-state index contributed by atoms with van der Waals surface area (Å²) in [6, 6.07) is 1.75. The SMILES string of the molecule is N#Cc1cn(CC([NH])=O)nn1. The molecule has 11 heavy (non-hydrogen) atoms. The summed E-state index contributed by atoms with van der Waals surface area (Å²) in [5, 5.41) is 15.1. The van der Waals surface area contributed by atoms with Crippen LogP contribution in [0.2, 0.25) is 0 Å². The van der Waals surface area contributed by atoms with Crippen LogP contribution in [0.5, 0.6) is 0 Å². The number of carbonyl (C=O) groups excluding carboxylic acids is 1. The third kappa shape index (κ3) is 1.76. The molecule has 0 bridgehead atoms. The Kier molecular flexibility index (Phi) is 1.83. The molecule has 1 radical (unpaired) electrons. The van der Waals surface area contributed by atoms with Crippen molar-refractivity contribution in [2.24, 2.45) is 0 Å². The van der Waals surface area contributed by atoms with E-state index in [-0.39, 0.29) is 12.2 Å². The van der Waals surface area contributed by atoms with Crippen LogP contribution in [0.4, 0.5) is 0 Å². The number of aromatic nitrogens is 3. The van der Waals surface area contributed by atoms with Crippen LogP contribution < -0.4 is 5.73 Å². The number of hydrogen-bond donors (Lipinski definition) is 0. The molecule has 0 fully saturated rings. The number of nitrogens with zero attached hydrogens (tertiary/aromatic N) is 4. The van der Waals surface area contributed by atoms with E-state index in [1.165, 1.54) is 6.20 Å². The normalized spacial score (nSPS) is 9.00. The van der Waals surface area contributed by atoms with Gasteiger partial charge in [0.1, 0.15) is 12.6 Å². The van der Waals surface area contributed by atoms with Gasteiger partial charge in [0.2, 0.25) is 0 Å². The molecule has 0 aromatic carbocycles. The zero-order valence-electron chi connectivity index (χ0n) is 5.48. The van der Waals surface area contributed by atoms with Crippen molar-refractivity contribution in [1.82, 2.24) is 20.7 Å². The quantitative estimate of drug-likeness (QED) is 0.537. The summed E-state index contributed by atoms with van der Waals surface area (Å²) in [6.45, 7) is -0.158. The zero-order chi connectivity index (χ0) is 8.27. The maximum absolute atomic E-state index is 10.2. The molecule has 6 nitrogen and oxygen atoms in total. The summed E-state index contributed by atoms with van der Waals surface area (Å²) in [6.07, 6.45) is 1.31. The minimum atomic E-state index is -0.764. The maximum Gasteiger partial charge on any atom is 0.260 e. The maximum atomic E-state index is 10.2. The molecule has 1 aromatic rings. The summed E-state index contributed by atoms with van der Waals surface area (Å²) in [5.41, 5.74) is 6.72. The van der Waals surface area contributed by atoms with E-state index in [0.29, 0.717) is 0 Å². The van der Waals surface area contributed by atoms with Crippen molar-refractivity contribution in [2.45, 2.75) is 6.54 Å². The van der Waals surface area contributed by atoms with Gasteiger partial charge in [0.15, 0.2) is 5.69 Å². The molecule has 1 rings (SSSR count). The van der Waals surface area contributed by atoms with E-state index in [0.717, 1.165) is 4.68 Å². The van der Waals surface area contributed by atoms with E-state index < -0.39 is 5.91 Å². The van der Waals surface area contributed by atoms with Crippen LogP contribution in [0, 0.1) is 11.3 Å². The second-order valence-corrected chi connectivity index (χ2v) is 1.84. The molecule has 1 N–H and O–H groups in total. The highest BCUT2D eigenvalue weighted by molar-refractivity contribution is 5.72. The molecule has 0 saturated carbocycles. The summed E-state index contributed by atoms with van der Waals surface area (Å²) in [4.78, 5) is 10.2. The minimum Gasteiger partial charge on any atom is -0.271 e. The summed E-state index contributed by atoms with van der Waals surface area (Å²) in [7, 11) is 0. The van der Waals surface area contributed by atoms with Crippen molar-refractivity contribution in [2.75, 3.05) is 0 Å². The van der Waals surface area contributed by atoms with Crippen molar-refractivity contribution >= 4 is 5.91 Å². The summed E-state index contributed by atoms with van der Waals surface area (Å²) < 4.78 is 1.15. The largest absolute Gasteiger partial charge is 0.271 e. The average Bonchev–Trinajstić information content (AvgIpc) is 2.34. The number of carbonyl (C=O) groups is 1. The molecule has 0 aliphatic rings. The number of hydrogen-bond acceptors (Lipinski definition) is 4. The van der Waals surface area contributed by atoms with Crippen LogP contribution in [0.1, 0.15) is 5.69 Å². The average molecular weight is 150 g/mol. The lowest BCUT2D eigenvalue weighted by atomic mass is 10.5. The number of rotatable bonds is 2. The lowest BCUT2D eigenvalue weighted by Gasteiger charge is -1.89. The molecule has 0 aliphatic carbocycles. The van der Waals surface area contributed by atoms with Crippen molar-refractivity contribution in [3.8, 4) is 6.07 Å². The smallest absolute Gasteiger partial charge is 0.260 e. The fourth-order valence-electron chi connectivity index (χ4n) is 0.574. The second-order valence-electron chi connectivity index (χ2n) is 1.84. The Morgan fingerprint density at radius 1 is 1.91 bits per heavy atom. The predicted molar refractivity (Wildman–Crippen MR) is 32.8 cm³/mol. The number of amides is 1. The van der Waals surface area contributed by atoms with Crippen LogP contribution in [0.3, 0.4) is 0 Å². The Hall–Kier alpha value is -1.90. The number of nitrogens with one attached hydrogen (secondary N) is 1. The Morgan fingerprint density at radius 2 is 2.64 bits per heavy atom. The van der Waals surface area contributed by atoms with Gasteiger partial charge < -0.3 is 0 Å². The van der Waals surface area contributed by atoms with E-state index in [9.17, 15) is 4.79 Å². The van der Waals surface area contributed by atoms with Crippen molar-refractivity contribution in [3.63, 3.8) is 0 Å². The minimum absolute atomic E-state index is 0.145. The van der Waals surface area contributed by atoms with Gasteiger partial charge in [-0.25, -0.2) is 4.68 Å². The Morgan fingerprint density at radius 3 is 3.09 bits per heavy atom. The molecule has 55 valence electrons. The standard InChI is InChI=1S/C5H4N5O/c6-1-4-2-10(9-8-4)3-5(7)11/h2,7H,3H2. The van der Waals surface area contributed by atoms with Crippen molar-refractivity contribution < 1.29 is 4.79 Å². The third-order valence-corrected chi connectivity index (χ3v) is 0.959. The second kappa shape index (κ2) is 2.79. The van der Waals surface area contributed by atoms with Gasteiger partial charge in [0.25, 0.3) is 5.91 Å². The first-order chi connectivity index (χ1) is 5.22. The van der Waals surface area contributed by atoms with Gasteiger partial charge in [-0.05, 0) is 0 Å². The molecule has 1 amide bonds. The molecule has 0 unspecified atom stereocenters. The van der Waals surface area contributed by atoms with Crippen LogP contribution in [0.15, 0.2) is 6.20 Å². The van der Waals surface area contributed by atoms with Crippen molar-refractivity contribution in [3.05, 3.63) is 11.9 Å². The van der Waals surface area contributed by atoms with E-state index in [1.54, 1.807) is 6.07 Å². The molecule has 1 aromatic heterocycles. The zero-order valence-corrected chi connectivity index (χ0v) is 5.48. The van der Waals surface area contributed by atoms with Gasteiger partial charge in [-0.2, -0.15) is 5.26 Å². The molecular weight excluding hydrogens is 146 g/mol. The van der Waals surface area contributed by atoms with Gasteiger partial charge >= 0.3 is 0 Å². The highest BCUT2D eigenvalue weighted by Crippen LogP contribution is 1.88. The third-order valence-electron chi connectivity index (χ3n) is 0.959. The lowest BCUT2D eigenvalue weighted by molar-refractivity contribution is -0.119. The first kappa shape index (κ1) is 7.21. The van der Waals surface area contributed by atoms with Gasteiger partial charge in [-0.3, -0.25) is 10.5 Å². The predicted octanol–water partition coefficient (Wildman–Crippen LogP) is -1.04. The van der Waals surface area contributed by atoms with E-state index in [1.807, 2.05) is 0 Å². The lowest BCUT2D eigenvalue weighted by Crippen LogP contribution is -2.10. The topological polar surface area (TPSA) is 95.4 Å². The van der Waals surface area contributed by atoms with Crippen LogP contribution in [0.25, 0.3) is 0 Å². The van der Waals surface area contributed by atoms with Crippen LogP contribution >= 0.6 is 0 Å². The van der Waals surface area contributed by atoms with E-state index >= 15 is 0 Å². The fraction of sp³-hybridized carbons (Fsp3) is 0.200. The van der Waals surface area contributed by atoms with Crippen LogP contribution in [-0.4, -0.2) is 20.9 Å². The highest BCUT2D eigenvalue weighted by Gasteiger charge is 2.01. The molecule has 0 aliphatic heterocycles. The van der Waals surface area contributed by atoms with Gasteiger partial charge in [0, 0.05) is 0 Å². The summed E-state index contributed by atoms with van der Waals surface area (Å²) in [5.74, 6) is -0.764. The van der Waals surface area contributed by atoms with Crippen LogP contribution in [-0.2, 0) is 11.3 Å². The molecule has 0 saturated heterocycles. The first-order valence-electron chi connectivity index (χ1n) is 2.77. The molecule has 0 spiro atoms. The fourth-order valence-corrected chi connectivity index (χ4v) is 0.574. The Labute approximate surface area is 62.2 Å². The monoisotopic (exact) mass is 150 g/mol. The van der Waals surface area contributed by atoms with Gasteiger partial charge in [-0.1, -0.05) is 5.21 Å². The van der Waals surface area contributed by atoms with Gasteiger partial charge in [-0.15, -0.1) is 5.10 Å².